The number of likely N-dealkylation sites (tertiary alicyclic amines) is 1. The summed E-state index contributed by atoms with van der Waals surface area (Å²) in [6.45, 7) is 4.47. The Hall–Kier alpha value is -0.260. The van der Waals surface area contributed by atoms with E-state index in [9.17, 15) is 4.79 Å². The number of carbonyl (C=O) groups is 1. The number of primary amides is 1. The van der Waals surface area contributed by atoms with Crippen molar-refractivity contribution in [2.75, 3.05) is 45.3 Å². The number of rotatable bonds is 7. The fourth-order valence-corrected chi connectivity index (χ4v) is 3.94. The molecule has 0 spiro atoms. The van der Waals surface area contributed by atoms with E-state index in [2.05, 4.69) is 14.1 Å². The average molecular weight is 275 g/mol. The van der Waals surface area contributed by atoms with Crippen LogP contribution in [0, 0.1) is 17.8 Å². The molecule has 3 atom stereocenters. The van der Waals surface area contributed by atoms with Gasteiger partial charge in [-0.25, -0.2) is 0 Å². The highest BCUT2D eigenvalue weighted by Gasteiger charge is 2.40. The first-order valence-corrected chi connectivity index (χ1v) is 7.81. The summed E-state index contributed by atoms with van der Waals surface area (Å²) in [4.78, 5) is 11.2. The Morgan fingerprint density at radius 1 is 1.44 bits per heavy atom. The molecule has 3 unspecified atom stereocenters. The minimum absolute atomic E-state index is 0.0292. The van der Waals surface area contributed by atoms with Crippen molar-refractivity contribution >= 4 is 17.7 Å². The first-order chi connectivity index (χ1) is 8.35. The van der Waals surface area contributed by atoms with Crippen LogP contribution in [-0.2, 0) is 4.79 Å². The van der Waals surface area contributed by atoms with Crippen molar-refractivity contribution in [3.63, 3.8) is 0 Å². The molecular weight excluding hydrogens is 248 g/mol. The largest absolute Gasteiger partial charge is 0.396 e. The second-order valence-corrected chi connectivity index (χ2v) is 7.31. The topological polar surface area (TPSA) is 63.3 Å². The van der Waals surface area contributed by atoms with Crippen molar-refractivity contribution in [3.05, 3.63) is 0 Å². The van der Waals surface area contributed by atoms with E-state index in [0.29, 0.717) is 11.8 Å². The number of quaternary nitrogens is 1. The maximum Gasteiger partial charge on any atom is 0.220 e. The van der Waals surface area contributed by atoms with Gasteiger partial charge in [0, 0.05) is 29.3 Å². The number of carbonyl (C=O) groups excluding carboxylic acids is 1. The van der Waals surface area contributed by atoms with E-state index in [1.807, 2.05) is 18.7 Å². The van der Waals surface area contributed by atoms with Crippen LogP contribution in [0.3, 0.4) is 0 Å². The van der Waals surface area contributed by atoms with Gasteiger partial charge in [-0.05, 0) is 6.42 Å². The number of nitrogens with zero attached hydrogens (tertiary/aromatic N) is 1. The van der Waals surface area contributed by atoms with Crippen LogP contribution in [0.25, 0.3) is 0 Å². The number of hydrogen-bond donors (Lipinski definition) is 2. The minimum Gasteiger partial charge on any atom is -0.396 e. The van der Waals surface area contributed by atoms with Crippen LogP contribution in [-0.4, -0.2) is 60.8 Å². The maximum absolute atomic E-state index is 11.2. The fraction of sp³-hybridized carbons (Fsp3) is 0.923. The SMILES string of the molecule is CC(CC1C[N+](C)(C)CC1CSCCO)C(N)=O. The molecule has 0 aromatic heterocycles. The number of nitrogens with two attached hydrogens (primary N) is 1. The van der Waals surface area contributed by atoms with Crippen molar-refractivity contribution < 1.29 is 14.4 Å². The van der Waals surface area contributed by atoms with Crippen LogP contribution in [0.15, 0.2) is 0 Å². The van der Waals surface area contributed by atoms with E-state index >= 15 is 0 Å². The van der Waals surface area contributed by atoms with Gasteiger partial charge in [0.1, 0.15) is 0 Å². The quantitative estimate of drug-likeness (QED) is 0.527. The Labute approximate surface area is 115 Å². The van der Waals surface area contributed by atoms with Gasteiger partial charge in [0.15, 0.2) is 0 Å². The predicted octanol–water partition coefficient (Wildman–Crippen LogP) is 0.546. The van der Waals surface area contributed by atoms with E-state index in [1.54, 1.807) is 0 Å². The lowest BCUT2D eigenvalue weighted by molar-refractivity contribution is -0.880. The Morgan fingerprint density at radius 3 is 2.61 bits per heavy atom. The molecule has 1 amide bonds. The van der Waals surface area contributed by atoms with E-state index < -0.39 is 0 Å². The van der Waals surface area contributed by atoms with Gasteiger partial charge in [0.05, 0.1) is 33.8 Å². The Bertz CT molecular complexity index is 284. The summed E-state index contributed by atoms with van der Waals surface area (Å²) < 4.78 is 1.03. The molecule has 18 heavy (non-hydrogen) atoms. The third-order valence-corrected chi connectivity index (χ3v) is 4.97. The van der Waals surface area contributed by atoms with Gasteiger partial charge in [0.2, 0.25) is 5.91 Å². The summed E-state index contributed by atoms with van der Waals surface area (Å²) in [7, 11) is 4.50. The van der Waals surface area contributed by atoms with Gasteiger partial charge < -0.3 is 15.3 Å². The lowest BCUT2D eigenvalue weighted by atomic mass is 9.88. The predicted molar refractivity (Wildman–Crippen MR) is 76.2 cm³/mol. The minimum atomic E-state index is -0.186. The second kappa shape index (κ2) is 6.78. The molecule has 0 aliphatic carbocycles. The molecule has 4 nitrogen and oxygen atoms in total. The molecule has 0 aromatic rings. The molecule has 0 radical (unpaired) electrons. The lowest BCUT2D eigenvalue weighted by Crippen LogP contribution is -2.37. The van der Waals surface area contributed by atoms with E-state index in [4.69, 9.17) is 10.8 Å². The molecular formula is C13H27N2O2S+. The van der Waals surface area contributed by atoms with Gasteiger partial charge >= 0.3 is 0 Å². The third kappa shape index (κ3) is 4.78. The summed E-state index contributed by atoms with van der Waals surface area (Å²) in [5, 5.41) is 8.84. The Kier molecular flexibility index (Phi) is 5.95. The van der Waals surface area contributed by atoms with Gasteiger partial charge in [-0.15, -0.1) is 0 Å². The molecule has 1 rings (SSSR count). The number of thioether (sulfide) groups is 1. The first kappa shape index (κ1) is 15.8. The zero-order valence-electron chi connectivity index (χ0n) is 11.8. The number of aliphatic hydroxyl groups is 1. The molecule has 106 valence electrons. The smallest absolute Gasteiger partial charge is 0.220 e. The van der Waals surface area contributed by atoms with Crippen LogP contribution in [0.4, 0.5) is 0 Å². The highest BCUT2D eigenvalue weighted by atomic mass is 32.2. The molecule has 1 aliphatic rings. The monoisotopic (exact) mass is 275 g/mol. The first-order valence-electron chi connectivity index (χ1n) is 6.65. The summed E-state index contributed by atoms with van der Waals surface area (Å²) in [6, 6.07) is 0. The number of amides is 1. The van der Waals surface area contributed by atoms with Crippen molar-refractivity contribution in [2.45, 2.75) is 13.3 Å². The second-order valence-electron chi connectivity index (χ2n) is 6.16. The summed E-state index contributed by atoms with van der Waals surface area (Å²) in [5.74, 6) is 2.89. The molecule has 5 heteroatoms. The van der Waals surface area contributed by atoms with Crippen LogP contribution in [0.5, 0.6) is 0 Å². The molecule has 1 aliphatic heterocycles. The van der Waals surface area contributed by atoms with Crippen LogP contribution in [0.2, 0.25) is 0 Å². The highest BCUT2D eigenvalue weighted by Crippen LogP contribution is 2.33. The molecule has 1 saturated heterocycles. The molecule has 3 N–H and O–H groups in total. The third-order valence-electron chi connectivity index (χ3n) is 3.83. The summed E-state index contributed by atoms with van der Waals surface area (Å²) in [5.41, 5.74) is 5.37. The van der Waals surface area contributed by atoms with Gasteiger partial charge in [-0.3, -0.25) is 4.79 Å². The van der Waals surface area contributed by atoms with Crippen molar-refractivity contribution in [3.8, 4) is 0 Å². The van der Waals surface area contributed by atoms with E-state index in [-0.39, 0.29) is 18.4 Å². The zero-order valence-corrected chi connectivity index (χ0v) is 12.6. The van der Waals surface area contributed by atoms with Crippen molar-refractivity contribution in [1.82, 2.24) is 0 Å². The van der Waals surface area contributed by atoms with Gasteiger partial charge in [0.25, 0.3) is 0 Å². The Balaban J connectivity index is 2.53. The molecule has 0 aromatic carbocycles. The summed E-state index contributed by atoms with van der Waals surface area (Å²) in [6.07, 6.45) is 0.904. The Morgan fingerprint density at radius 2 is 2.06 bits per heavy atom. The average Bonchev–Trinajstić information content (AvgIpc) is 2.53. The molecule has 1 fully saturated rings. The molecule has 1 heterocycles. The number of aliphatic hydroxyl groups excluding tert-OH is 1. The summed E-state index contributed by atoms with van der Waals surface area (Å²) >= 11 is 1.81. The standard InChI is InChI=1S/C13H26N2O2S/c1-10(13(14)17)6-11-7-15(2,3)8-12(11)9-18-5-4-16/h10-12,16H,4-9H2,1-3H3,(H-,14,17)/p+1. The maximum atomic E-state index is 11.2. The van der Waals surface area contributed by atoms with Gasteiger partial charge in [-0.2, -0.15) is 11.8 Å². The highest BCUT2D eigenvalue weighted by molar-refractivity contribution is 7.99. The molecule has 0 saturated carbocycles. The van der Waals surface area contributed by atoms with Crippen LogP contribution >= 0.6 is 11.8 Å². The fourth-order valence-electron chi connectivity index (χ4n) is 2.97. The van der Waals surface area contributed by atoms with Crippen LogP contribution < -0.4 is 5.73 Å². The van der Waals surface area contributed by atoms with E-state index in [0.717, 1.165) is 35.5 Å². The van der Waals surface area contributed by atoms with Crippen molar-refractivity contribution in [1.29, 1.82) is 0 Å². The number of hydrogen-bond acceptors (Lipinski definition) is 3. The normalized spacial score (nSPS) is 28.2. The van der Waals surface area contributed by atoms with E-state index in [1.165, 1.54) is 0 Å². The molecule has 0 bridgehead atoms. The van der Waals surface area contributed by atoms with Crippen molar-refractivity contribution in [2.24, 2.45) is 23.5 Å². The van der Waals surface area contributed by atoms with Gasteiger partial charge in [-0.1, -0.05) is 6.92 Å². The lowest BCUT2D eigenvalue weighted by Gasteiger charge is -2.23. The van der Waals surface area contributed by atoms with Crippen LogP contribution in [0.1, 0.15) is 13.3 Å². The zero-order chi connectivity index (χ0) is 13.8.